The van der Waals surface area contributed by atoms with Crippen LogP contribution in [-0.2, 0) is 4.79 Å². The van der Waals surface area contributed by atoms with E-state index in [2.05, 4.69) is 30.8 Å². The summed E-state index contributed by atoms with van der Waals surface area (Å²) in [6.45, 7) is 11.1. The average Bonchev–Trinajstić information content (AvgIpc) is 2.45. The molecule has 1 heterocycles. The zero-order valence-corrected chi connectivity index (χ0v) is 14.0. The Morgan fingerprint density at radius 1 is 0.842 bits per heavy atom. The number of piperazine rings is 1. The number of nitrogens with zero attached hydrogens (tertiary/aromatic N) is 2. The third-order valence-electron chi connectivity index (χ3n) is 3.15. The summed E-state index contributed by atoms with van der Waals surface area (Å²) in [6, 6.07) is 0. The standard InChI is InChI=1S/C8H16O.C6H14N2.C2H6/c1-2-3-4-5-6-7-8-9;1-7-3-5-8(2)6-4-7;1-2/h8H,2-7H2,1H3;3-6H2,1-2H3;1-2H3. The van der Waals surface area contributed by atoms with E-state index in [1.165, 1.54) is 51.9 Å². The minimum Gasteiger partial charge on any atom is -0.304 e. The molecule has 19 heavy (non-hydrogen) atoms. The SMILES string of the molecule is CC.CCCCCCCC=O.CN1CCN(C)CC1. The van der Waals surface area contributed by atoms with Gasteiger partial charge >= 0.3 is 0 Å². The molecular weight excluding hydrogens is 236 g/mol. The molecule has 1 rings (SSSR count). The predicted octanol–water partition coefficient (Wildman–Crippen LogP) is 3.44. The van der Waals surface area contributed by atoms with Gasteiger partial charge in [0.15, 0.2) is 0 Å². The highest BCUT2D eigenvalue weighted by Gasteiger charge is 2.07. The van der Waals surface area contributed by atoms with Crippen LogP contribution in [0.25, 0.3) is 0 Å². The molecule has 0 bridgehead atoms. The zero-order valence-electron chi connectivity index (χ0n) is 14.0. The van der Waals surface area contributed by atoms with Crippen molar-refractivity contribution in [3.63, 3.8) is 0 Å². The third kappa shape index (κ3) is 17.6. The van der Waals surface area contributed by atoms with Crippen molar-refractivity contribution in [1.29, 1.82) is 0 Å². The molecule has 1 saturated heterocycles. The molecule has 0 saturated carbocycles. The van der Waals surface area contributed by atoms with Gasteiger partial charge in [0.1, 0.15) is 6.29 Å². The predicted molar refractivity (Wildman–Crippen MR) is 85.8 cm³/mol. The van der Waals surface area contributed by atoms with Gasteiger partial charge < -0.3 is 14.6 Å². The van der Waals surface area contributed by atoms with Crippen molar-refractivity contribution in [3.8, 4) is 0 Å². The molecule has 0 aromatic heterocycles. The topological polar surface area (TPSA) is 23.6 Å². The molecule has 0 radical (unpaired) electrons. The fraction of sp³-hybridized carbons (Fsp3) is 0.938. The minimum atomic E-state index is 0.754. The minimum absolute atomic E-state index is 0.754. The maximum absolute atomic E-state index is 9.84. The van der Waals surface area contributed by atoms with Crippen LogP contribution in [0.2, 0.25) is 0 Å². The Labute approximate surface area is 121 Å². The fourth-order valence-corrected chi connectivity index (χ4v) is 1.74. The van der Waals surface area contributed by atoms with Gasteiger partial charge in [0.05, 0.1) is 0 Å². The largest absolute Gasteiger partial charge is 0.304 e. The van der Waals surface area contributed by atoms with Crippen molar-refractivity contribution in [2.45, 2.75) is 59.3 Å². The Hall–Kier alpha value is -0.410. The first-order valence-electron chi connectivity index (χ1n) is 8.01. The van der Waals surface area contributed by atoms with Crippen LogP contribution in [0, 0.1) is 0 Å². The molecule has 0 aromatic rings. The number of hydrogen-bond acceptors (Lipinski definition) is 3. The summed E-state index contributed by atoms with van der Waals surface area (Å²) in [7, 11) is 4.35. The van der Waals surface area contributed by atoms with Crippen LogP contribution in [0.5, 0.6) is 0 Å². The van der Waals surface area contributed by atoms with Crippen molar-refractivity contribution in [3.05, 3.63) is 0 Å². The van der Waals surface area contributed by atoms with Crippen molar-refractivity contribution in [2.24, 2.45) is 0 Å². The number of carbonyl (C=O) groups excluding carboxylic acids is 1. The van der Waals surface area contributed by atoms with Gasteiger partial charge in [-0.1, -0.05) is 46.5 Å². The molecule has 116 valence electrons. The molecule has 3 heteroatoms. The molecule has 0 N–H and O–H groups in total. The highest BCUT2D eigenvalue weighted by Crippen LogP contribution is 2.02. The fourth-order valence-electron chi connectivity index (χ4n) is 1.74. The third-order valence-corrected chi connectivity index (χ3v) is 3.15. The summed E-state index contributed by atoms with van der Waals surface area (Å²) < 4.78 is 0. The van der Waals surface area contributed by atoms with Crippen molar-refractivity contribution in [2.75, 3.05) is 40.3 Å². The number of unbranched alkanes of at least 4 members (excludes halogenated alkanes) is 5. The van der Waals surface area contributed by atoms with Gasteiger partial charge in [0, 0.05) is 32.6 Å². The van der Waals surface area contributed by atoms with Gasteiger partial charge in [-0.05, 0) is 20.5 Å². The number of aldehydes is 1. The van der Waals surface area contributed by atoms with Gasteiger partial charge in [-0.3, -0.25) is 0 Å². The lowest BCUT2D eigenvalue weighted by atomic mass is 10.1. The summed E-state index contributed by atoms with van der Waals surface area (Å²) in [5, 5.41) is 0. The van der Waals surface area contributed by atoms with E-state index in [9.17, 15) is 4.79 Å². The second-order valence-corrected chi connectivity index (χ2v) is 4.98. The normalized spacial score (nSPS) is 15.8. The van der Waals surface area contributed by atoms with Crippen LogP contribution < -0.4 is 0 Å². The Morgan fingerprint density at radius 3 is 1.63 bits per heavy atom. The molecule has 1 aliphatic heterocycles. The molecule has 0 atom stereocenters. The number of likely N-dealkylation sites (N-methyl/N-ethyl adjacent to an activating group) is 2. The summed E-state index contributed by atoms with van der Waals surface area (Å²) >= 11 is 0. The molecular formula is C16H36N2O. The van der Waals surface area contributed by atoms with E-state index in [0.29, 0.717) is 0 Å². The lowest BCUT2D eigenvalue weighted by Crippen LogP contribution is -2.42. The van der Waals surface area contributed by atoms with Gasteiger partial charge in [-0.2, -0.15) is 0 Å². The lowest BCUT2D eigenvalue weighted by molar-refractivity contribution is -0.107. The first kappa shape index (κ1) is 20.9. The highest BCUT2D eigenvalue weighted by atomic mass is 16.1. The van der Waals surface area contributed by atoms with Gasteiger partial charge in [0.2, 0.25) is 0 Å². The van der Waals surface area contributed by atoms with E-state index < -0.39 is 0 Å². The second-order valence-electron chi connectivity index (χ2n) is 4.98. The molecule has 0 spiro atoms. The van der Waals surface area contributed by atoms with Crippen molar-refractivity contribution in [1.82, 2.24) is 9.80 Å². The molecule has 1 fully saturated rings. The monoisotopic (exact) mass is 272 g/mol. The number of hydrogen-bond donors (Lipinski definition) is 0. The van der Waals surface area contributed by atoms with Crippen LogP contribution in [-0.4, -0.2) is 56.4 Å². The van der Waals surface area contributed by atoms with Gasteiger partial charge in [-0.15, -0.1) is 0 Å². The maximum atomic E-state index is 9.84. The summed E-state index contributed by atoms with van der Waals surface area (Å²) in [6.07, 6.45) is 7.97. The lowest BCUT2D eigenvalue weighted by Gasteiger charge is -2.28. The summed E-state index contributed by atoms with van der Waals surface area (Å²) in [5.74, 6) is 0. The smallest absolute Gasteiger partial charge is 0.119 e. The van der Waals surface area contributed by atoms with Crippen LogP contribution >= 0.6 is 0 Å². The van der Waals surface area contributed by atoms with E-state index in [1.807, 2.05) is 13.8 Å². The van der Waals surface area contributed by atoms with E-state index in [4.69, 9.17) is 0 Å². The number of carbonyl (C=O) groups is 1. The molecule has 3 nitrogen and oxygen atoms in total. The number of rotatable bonds is 6. The molecule has 0 aromatic carbocycles. The van der Waals surface area contributed by atoms with E-state index in [-0.39, 0.29) is 0 Å². The average molecular weight is 272 g/mol. The Kier molecular flexibility index (Phi) is 19.3. The van der Waals surface area contributed by atoms with Crippen LogP contribution in [0.1, 0.15) is 59.3 Å². The van der Waals surface area contributed by atoms with Gasteiger partial charge in [-0.25, -0.2) is 0 Å². The maximum Gasteiger partial charge on any atom is 0.119 e. The molecule has 1 aliphatic rings. The zero-order chi connectivity index (χ0) is 14.9. The van der Waals surface area contributed by atoms with E-state index in [0.717, 1.165) is 19.1 Å². The Bertz CT molecular complexity index is 156. The second kappa shape index (κ2) is 17.6. The van der Waals surface area contributed by atoms with E-state index in [1.54, 1.807) is 0 Å². The highest BCUT2D eigenvalue weighted by molar-refractivity contribution is 5.48. The summed E-state index contributed by atoms with van der Waals surface area (Å²) in [4.78, 5) is 14.6. The van der Waals surface area contributed by atoms with Crippen LogP contribution in [0.4, 0.5) is 0 Å². The summed E-state index contributed by atoms with van der Waals surface area (Å²) in [5.41, 5.74) is 0. The van der Waals surface area contributed by atoms with Crippen LogP contribution in [0.3, 0.4) is 0 Å². The van der Waals surface area contributed by atoms with E-state index >= 15 is 0 Å². The van der Waals surface area contributed by atoms with Gasteiger partial charge in [0.25, 0.3) is 0 Å². The Balaban J connectivity index is 0. The van der Waals surface area contributed by atoms with Crippen molar-refractivity contribution >= 4 is 6.29 Å². The quantitative estimate of drug-likeness (QED) is 0.547. The first-order chi connectivity index (χ1) is 9.20. The Morgan fingerprint density at radius 2 is 1.26 bits per heavy atom. The molecule has 0 amide bonds. The first-order valence-corrected chi connectivity index (χ1v) is 8.01. The molecule has 0 unspecified atom stereocenters. The van der Waals surface area contributed by atoms with Crippen molar-refractivity contribution < 1.29 is 4.79 Å². The van der Waals surface area contributed by atoms with Crippen LogP contribution in [0.15, 0.2) is 0 Å². The molecule has 0 aliphatic carbocycles.